The molecule has 2 heterocycles. The monoisotopic (exact) mass is 218 g/mol. The normalized spacial score (nSPS) is 12.7. The summed E-state index contributed by atoms with van der Waals surface area (Å²) >= 11 is 1.73. The molecule has 0 amide bonds. The highest BCUT2D eigenvalue weighted by Gasteiger charge is 2.13. The Morgan fingerprint density at radius 2 is 2.20 bits per heavy atom. The van der Waals surface area contributed by atoms with Crippen molar-refractivity contribution < 1.29 is 0 Å². The molecule has 0 aliphatic carbocycles. The molecule has 0 aliphatic rings. The van der Waals surface area contributed by atoms with E-state index in [0.717, 1.165) is 16.8 Å². The molecule has 2 aromatic rings. The van der Waals surface area contributed by atoms with E-state index in [0.29, 0.717) is 0 Å². The largest absolute Gasteiger partial charge is 0.319 e. The highest BCUT2D eigenvalue weighted by Crippen LogP contribution is 2.24. The summed E-state index contributed by atoms with van der Waals surface area (Å²) in [5.41, 5.74) is 9.44. The minimum atomic E-state index is -0.101. The molecule has 2 aromatic heterocycles. The van der Waals surface area contributed by atoms with Gasteiger partial charge in [0, 0.05) is 11.1 Å². The van der Waals surface area contributed by atoms with Crippen molar-refractivity contribution in [1.82, 2.24) is 4.98 Å². The fraction of sp³-hybridized carbons (Fsp3) is 0.250. The summed E-state index contributed by atoms with van der Waals surface area (Å²) in [6, 6.07) is 6.01. The number of aryl methyl sites for hydroxylation is 2. The first-order valence-electron chi connectivity index (χ1n) is 4.90. The molecule has 0 bridgehead atoms. The third-order valence-electron chi connectivity index (χ3n) is 2.45. The van der Waals surface area contributed by atoms with Gasteiger partial charge in [0.15, 0.2) is 0 Å². The fourth-order valence-corrected chi connectivity index (χ4v) is 2.35. The average molecular weight is 218 g/mol. The SMILES string of the molecule is Cc1cc(C(N)c2ncccc2C)cs1. The molecule has 0 saturated carbocycles. The molecule has 2 rings (SSSR count). The van der Waals surface area contributed by atoms with Gasteiger partial charge >= 0.3 is 0 Å². The predicted molar refractivity (Wildman–Crippen MR) is 64.1 cm³/mol. The molecule has 2 nitrogen and oxygen atoms in total. The molecule has 3 heteroatoms. The van der Waals surface area contributed by atoms with Crippen molar-refractivity contribution >= 4 is 11.3 Å². The van der Waals surface area contributed by atoms with Crippen LogP contribution in [0.1, 0.15) is 27.7 Å². The van der Waals surface area contributed by atoms with Crippen molar-refractivity contribution in [3.05, 3.63) is 51.5 Å². The minimum Gasteiger partial charge on any atom is -0.319 e. The summed E-state index contributed by atoms with van der Waals surface area (Å²) in [4.78, 5) is 5.63. The lowest BCUT2D eigenvalue weighted by molar-refractivity contribution is 0.821. The van der Waals surface area contributed by atoms with Gasteiger partial charge in [0.1, 0.15) is 0 Å². The Balaban J connectivity index is 2.36. The second-order valence-corrected chi connectivity index (χ2v) is 4.79. The Labute approximate surface area is 93.8 Å². The zero-order valence-electron chi connectivity index (χ0n) is 8.90. The van der Waals surface area contributed by atoms with Gasteiger partial charge in [-0.3, -0.25) is 4.98 Å². The van der Waals surface area contributed by atoms with Gasteiger partial charge in [-0.1, -0.05) is 6.07 Å². The second kappa shape index (κ2) is 4.13. The van der Waals surface area contributed by atoms with E-state index in [2.05, 4.69) is 23.4 Å². The van der Waals surface area contributed by atoms with Crippen LogP contribution in [0.2, 0.25) is 0 Å². The summed E-state index contributed by atoms with van der Waals surface area (Å²) < 4.78 is 0. The molecule has 2 N–H and O–H groups in total. The first-order chi connectivity index (χ1) is 7.18. The van der Waals surface area contributed by atoms with Crippen LogP contribution in [0.25, 0.3) is 0 Å². The molecular formula is C12H14N2S. The number of hydrogen-bond donors (Lipinski definition) is 1. The Morgan fingerprint density at radius 1 is 1.40 bits per heavy atom. The highest BCUT2D eigenvalue weighted by atomic mass is 32.1. The summed E-state index contributed by atoms with van der Waals surface area (Å²) in [6.45, 7) is 4.13. The van der Waals surface area contributed by atoms with E-state index in [1.54, 1.807) is 17.5 Å². The summed E-state index contributed by atoms with van der Waals surface area (Å²) in [5, 5.41) is 2.11. The van der Waals surface area contributed by atoms with E-state index < -0.39 is 0 Å². The molecule has 15 heavy (non-hydrogen) atoms. The van der Waals surface area contributed by atoms with Crippen LogP contribution in [0.3, 0.4) is 0 Å². The van der Waals surface area contributed by atoms with E-state index >= 15 is 0 Å². The highest BCUT2D eigenvalue weighted by molar-refractivity contribution is 7.10. The number of hydrogen-bond acceptors (Lipinski definition) is 3. The van der Waals surface area contributed by atoms with Crippen LogP contribution in [0.15, 0.2) is 29.8 Å². The number of aromatic nitrogens is 1. The maximum absolute atomic E-state index is 6.17. The van der Waals surface area contributed by atoms with Crippen LogP contribution in [-0.2, 0) is 0 Å². The zero-order valence-corrected chi connectivity index (χ0v) is 9.71. The maximum Gasteiger partial charge on any atom is 0.0737 e. The van der Waals surface area contributed by atoms with Crippen LogP contribution >= 0.6 is 11.3 Å². The zero-order chi connectivity index (χ0) is 10.8. The van der Waals surface area contributed by atoms with Crippen molar-refractivity contribution in [2.75, 3.05) is 0 Å². The molecule has 1 unspecified atom stereocenters. The van der Waals surface area contributed by atoms with Crippen molar-refractivity contribution in [3.63, 3.8) is 0 Å². The summed E-state index contributed by atoms with van der Waals surface area (Å²) in [7, 11) is 0. The van der Waals surface area contributed by atoms with Gasteiger partial charge in [-0.15, -0.1) is 11.3 Å². The quantitative estimate of drug-likeness (QED) is 0.841. The molecule has 78 valence electrons. The molecule has 0 radical (unpaired) electrons. The van der Waals surface area contributed by atoms with Gasteiger partial charge in [-0.05, 0) is 42.5 Å². The van der Waals surface area contributed by atoms with Crippen molar-refractivity contribution in [2.24, 2.45) is 5.73 Å². The lowest BCUT2D eigenvalue weighted by atomic mass is 10.0. The molecule has 0 saturated heterocycles. The minimum absolute atomic E-state index is 0.101. The van der Waals surface area contributed by atoms with E-state index in [1.807, 2.05) is 19.1 Å². The lowest BCUT2D eigenvalue weighted by Crippen LogP contribution is -2.14. The predicted octanol–water partition coefficient (Wildman–Crippen LogP) is 2.81. The first kappa shape index (κ1) is 10.3. The van der Waals surface area contributed by atoms with Crippen molar-refractivity contribution in [2.45, 2.75) is 19.9 Å². The van der Waals surface area contributed by atoms with Crippen LogP contribution in [-0.4, -0.2) is 4.98 Å². The van der Waals surface area contributed by atoms with Crippen molar-refractivity contribution in [1.29, 1.82) is 0 Å². The number of thiophene rings is 1. The summed E-state index contributed by atoms with van der Waals surface area (Å²) in [6.07, 6.45) is 1.79. The molecule has 0 aromatic carbocycles. The Morgan fingerprint density at radius 3 is 2.80 bits per heavy atom. The topological polar surface area (TPSA) is 38.9 Å². The maximum atomic E-state index is 6.17. The number of pyridine rings is 1. The second-order valence-electron chi connectivity index (χ2n) is 3.67. The van der Waals surface area contributed by atoms with E-state index in [1.165, 1.54) is 4.88 Å². The standard InChI is InChI=1S/C12H14N2S/c1-8-4-3-5-14-12(8)11(13)10-6-9(2)15-7-10/h3-7,11H,13H2,1-2H3. The van der Waals surface area contributed by atoms with Gasteiger partial charge in [0.2, 0.25) is 0 Å². The van der Waals surface area contributed by atoms with Crippen LogP contribution in [0, 0.1) is 13.8 Å². The average Bonchev–Trinajstić information content (AvgIpc) is 2.65. The van der Waals surface area contributed by atoms with Crippen LogP contribution in [0.5, 0.6) is 0 Å². The van der Waals surface area contributed by atoms with Crippen molar-refractivity contribution in [3.8, 4) is 0 Å². The van der Waals surface area contributed by atoms with Crippen LogP contribution in [0.4, 0.5) is 0 Å². The van der Waals surface area contributed by atoms with Gasteiger partial charge in [0.25, 0.3) is 0 Å². The Bertz CT molecular complexity index is 462. The Hall–Kier alpha value is -1.19. The van der Waals surface area contributed by atoms with Gasteiger partial charge < -0.3 is 5.73 Å². The van der Waals surface area contributed by atoms with Gasteiger partial charge in [0.05, 0.1) is 11.7 Å². The molecule has 0 spiro atoms. The number of rotatable bonds is 2. The first-order valence-corrected chi connectivity index (χ1v) is 5.78. The van der Waals surface area contributed by atoms with E-state index in [4.69, 9.17) is 5.73 Å². The van der Waals surface area contributed by atoms with E-state index in [9.17, 15) is 0 Å². The van der Waals surface area contributed by atoms with Gasteiger partial charge in [-0.25, -0.2) is 0 Å². The van der Waals surface area contributed by atoms with E-state index in [-0.39, 0.29) is 6.04 Å². The number of nitrogens with zero attached hydrogens (tertiary/aromatic N) is 1. The smallest absolute Gasteiger partial charge is 0.0737 e. The molecular weight excluding hydrogens is 204 g/mol. The van der Waals surface area contributed by atoms with Crippen LogP contribution < -0.4 is 5.73 Å². The lowest BCUT2D eigenvalue weighted by Gasteiger charge is -2.11. The number of nitrogens with two attached hydrogens (primary N) is 1. The molecule has 0 fully saturated rings. The third-order valence-corrected chi connectivity index (χ3v) is 3.33. The Kier molecular flexibility index (Phi) is 2.84. The molecule has 0 aliphatic heterocycles. The van der Waals surface area contributed by atoms with Gasteiger partial charge in [-0.2, -0.15) is 0 Å². The fourth-order valence-electron chi connectivity index (χ4n) is 1.61. The third kappa shape index (κ3) is 2.08. The summed E-state index contributed by atoms with van der Waals surface area (Å²) in [5.74, 6) is 0. The molecule has 1 atom stereocenters.